The summed E-state index contributed by atoms with van der Waals surface area (Å²) in [7, 11) is 0. The third-order valence-electron chi connectivity index (χ3n) is 3.61. The van der Waals surface area contributed by atoms with E-state index < -0.39 is 0 Å². The molecule has 0 spiro atoms. The summed E-state index contributed by atoms with van der Waals surface area (Å²) in [4.78, 5) is 14.3. The maximum absolute atomic E-state index is 12.4. The molecular weight excluding hydrogens is 246 g/mol. The van der Waals surface area contributed by atoms with Gasteiger partial charge in [-0.1, -0.05) is 42.5 Å². The van der Waals surface area contributed by atoms with E-state index in [1.54, 1.807) is 0 Å². The Hall–Kier alpha value is -2.09. The van der Waals surface area contributed by atoms with Crippen LogP contribution in [0.2, 0.25) is 0 Å². The van der Waals surface area contributed by atoms with Crippen LogP contribution in [0, 0.1) is 6.92 Å². The average Bonchev–Trinajstić information content (AvgIpc) is 2.49. The molecule has 2 heteroatoms. The number of benzene rings is 2. The van der Waals surface area contributed by atoms with Gasteiger partial charge in [0.05, 0.1) is 0 Å². The third-order valence-corrected chi connectivity index (χ3v) is 3.61. The van der Waals surface area contributed by atoms with Crippen molar-refractivity contribution < 1.29 is 4.79 Å². The number of hydrogen-bond acceptors (Lipinski definition) is 1. The standard InChI is InChI=1S/C18H21NO/c1-4-19(5-2)18(20)17-12-11-16(13-14(17)3)15-9-7-6-8-10-15/h6-13H,4-5H2,1-3H3. The van der Waals surface area contributed by atoms with E-state index in [-0.39, 0.29) is 5.91 Å². The zero-order valence-corrected chi connectivity index (χ0v) is 12.4. The lowest BCUT2D eigenvalue weighted by Crippen LogP contribution is -2.30. The molecule has 2 aromatic carbocycles. The van der Waals surface area contributed by atoms with E-state index in [0.717, 1.165) is 29.8 Å². The summed E-state index contributed by atoms with van der Waals surface area (Å²) in [6, 6.07) is 16.3. The molecule has 2 nitrogen and oxygen atoms in total. The Morgan fingerprint density at radius 2 is 1.60 bits per heavy atom. The largest absolute Gasteiger partial charge is 0.339 e. The molecule has 2 rings (SSSR count). The van der Waals surface area contributed by atoms with E-state index in [9.17, 15) is 4.79 Å². The Bertz CT molecular complexity index is 586. The molecule has 0 atom stereocenters. The van der Waals surface area contributed by atoms with Gasteiger partial charge in [-0.25, -0.2) is 0 Å². The molecule has 0 unspecified atom stereocenters. The molecule has 0 saturated heterocycles. The first-order valence-electron chi connectivity index (χ1n) is 7.12. The van der Waals surface area contributed by atoms with Crippen molar-refractivity contribution in [3.05, 3.63) is 59.7 Å². The Balaban J connectivity index is 2.33. The minimum Gasteiger partial charge on any atom is -0.339 e. The molecule has 0 aromatic heterocycles. The fraction of sp³-hybridized carbons (Fsp3) is 0.278. The first-order valence-corrected chi connectivity index (χ1v) is 7.12. The van der Waals surface area contributed by atoms with E-state index in [1.807, 2.05) is 56.0 Å². The van der Waals surface area contributed by atoms with Crippen molar-refractivity contribution in [1.82, 2.24) is 4.90 Å². The summed E-state index contributed by atoms with van der Waals surface area (Å²) >= 11 is 0. The number of amides is 1. The Morgan fingerprint density at radius 3 is 2.15 bits per heavy atom. The van der Waals surface area contributed by atoms with Crippen LogP contribution in [0.25, 0.3) is 11.1 Å². The van der Waals surface area contributed by atoms with Crippen LogP contribution in [-0.4, -0.2) is 23.9 Å². The first-order chi connectivity index (χ1) is 9.67. The van der Waals surface area contributed by atoms with Crippen LogP contribution in [0.3, 0.4) is 0 Å². The molecular formula is C18H21NO. The number of carbonyl (C=O) groups excluding carboxylic acids is 1. The second kappa shape index (κ2) is 6.38. The monoisotopic (exact) mass is 267 g/mol. The van der Waals surface area contributed by atoms with E-state index in [1.165, 1.54) is 5.56 Å². The van der Waals surface area contributed by atoms with E-state index in [4.69, 9.17) is 0 Å². The summed E-state index contributed by atoms with van der Waals surface area (Å²) < 4.78 is 0. The topological polar surface area (TPSA) is 20.3 Å². The molecule has 0 aliphatic heterocycles. The van der Waals surface area contributed by atoms with Gasteiger partial charge in [0.25, 0.3) is 5.91 Å². The maximum Gasteiger partial charge on any atom is 0.254 e. The molecule has 0 N–H and O–H groups in total. The van der Waals surface area contributed by atoms with Gasteiger partial charge in [-0.05, 0) is 43.5 Å². The highest BCUT2D eigenvalue weighted by Gasteiger charge is 2.15. The molecule has 0 bridgehead atoms. The van der Waals surface area contributed by atoms with Gasteiger partial charge in [0, 0.05) is 18.7 Å². The van der Waals surface area contributed by atoms with Crippen molar-refractivity contribution in [2.24, 2.45) is 0 Å². The minimum atomic E-state index is 0.118. The van der Waals surface area contributed by atoms with Crippen LogP contribution >= 0.6 is 0 Å². The van der Waals surface area contributed by atoms with Crippen LogP contribution in [-0.2, 0) is 0 Å². The smallest absolute Gasteiger partial charge is 0.254 e. The van der Waals surface area contributed by atoms with Crippen LogP contribution in [0.5, 0.6) is 0 Å². The molecule has 0 fully saturated rings. The molecule has 0 aliphatic rings. The average molecular weight is 267 g/mol. The fourth-order valence-electron chi connectivity index (χ4n) is 2.39. The normalized spacial score (nSPS) is 10.3. The van der Waals surface area contributed by atoms with Crippen LogP contribution < -0.4 is 0 Å². The lowest BCUT2D eigenvalue weighted by molar-refractivity contribution is 0.0772. The second-order valence-corrected chi connectivity index (χ2v) is 4.87. The fourth-order valence-corrected chi connectivity index (χ4v) is 2.39. The van der Waals surface area contributed by atoms with Crippen molar-refractivity contribution in [2.45, 2.75) is 20.8 Å². The van der Waals surface area contributed by atoms with E-state index in [2.05, 4.69) is 18.2 Å². The van der Waals surface area contributed by atoms with Gasteiger partial charge in [0.2, 0.25) is 0 Å². The van der Waals surface area contributed by atoms with Gasteiger partial charge in [-0.15, -0.1) is 0 Å². The number of carbonyl (C=O) groups is 1. The van der Waals surface area contributed by atoms with Gasteiger partial charge < -0.3 is 4.90 Å². The molecule has 0 heterocycles. The SMILES string of the molecule is CCN(CC)C(=O)c1ccc(-c2ccccc2)cc1C. The highest BCUT2D eigenvalue weighted by atomic mass is 16.2. The van der Waals surface area contributed by atoms with Crippen LogP contribution in [0.4, 0.5) is 0 Å². The Morgan fingerprint density at radius 1 is 0.950 bits per heavy atom. The van der Waals surface area contributed by atoms with Gasteiger partial charge in [-0.3, -0.25) is 4.79 Å². The number of nitrogens with zero attached hydrogens (tertiary/aromatic N) is 1. The number of aryl methyl sites for hydroxylation is 1. The molecule has 0 saturated carbocycles. The predicted molar refractivity (Wildman–Crippen MR) is 83.9 cm³/mol. The minimum absolute atomic E-state index is 0.118. The summed E-state index contributed by atoms with van der Waals surface area (Å²) in [6.07, 6.45) is 0. The molecule has 20 heavy (non-hydrogen) atoms. The van der Waals surface area contributed by atoms with E-state index >= 15 is 0 Å². The number of rotatable bonds is 4. The van der Waals surface area contributed by atoms with Crippen molar-refractivity contribution in [1.29, 1.82) is 0 Å². The van der Waals surface area contributed by atoms with Gasteiger partial charge in [0.15, 0.2) is 0 Å². The summed E-state index contributed by atoms with van der Waals surface area (Å²) in [5.41, 5.74) is 4.16. The van der Waals surface area contributed by atoms with Crippen molar-refractivity contribution in [3.8, 4) is 11.1 Å². The molecule has 1 amide bonds. The molecule has 0 aliphatic carbocycles. The molecule has 2 aromatic rings. The zero-order valence-electron chi connectivity index (χ0n) is 12.4. The Kier molecular flexibility index (Phi) is 4.57. The van der Waals surface area contributed by atoms with Gasteiger partial charge >= 0.3 is 0 Å². The highest BCUT2D eigenvalue weighted by molar-refractivity contribution is 5.96. The predicted octanol–water partition coefficient (Wildman–Crippen LogP) is 4.14. The summed E-state index contributed by atoms with van der Waals surface area (Å²) in [6.45, 7) is 7.51. The molecule has 104 valence electrons. The van der Waals surface area contributed by atoms with Crippen molar-refractivity contribution in [3.63, 3.8) is 0 Å². The van der Waals surface area contributed by atoms with Gasteiger partial charge in [-0.2, -0.15) is 0 Å². The zero-order chi connectivity index (χ0) is 14.5. The summed E-state index contributed by atoms with van der Waals surface area (Å²) in [5, 5.41) is 0. The first kappa shape index (κ1) is 14.3. The lowest BCUT2D eigenvalue weighted by Gasteiger charge is -2.20. The second-order valence-electron chi connectivity index (χ2n) is 4.87. The Labute approximate surface area is 121 Å². The lowest BCUT2D eigenvalue weighted by atomic mass is 9.99. The highest BCUT2D eigenvalue weighted by Crippen LogP contribution is 2.22. The van der Waals surface area contributed by atoms with Gasteiger partial charge in [0.1, 0.15) is 0 Å². The number of hydrogen-bond donors (Lipinski definition) is 0. The van der Waals surface area contributed by atoms with Crippen LogP contribution in [0.1, 0.15) is 29.8 Å². The van der Waals surface area contributed by atoms with E-state index in [0.29, 0.717) is 0 Å². The van der Waals surface area contributed by atoms with Crippen molar-refractivity contribution >= 4 is 5.91 Å². The quantitative estimate of drug-likeness (QED) is 0.815. The maximum atomic E-state index is 12.4. The third kappa shape index (κ3) is 2.90. The molecule has 0 radical (unpaired) electrons. The van der Waals surface area contributed by atoms with Crippen molar-refractivity contribution in [2.75, 3.05) is 13.1 Å². The summed E-state index contributed by atoms with van der Waals surface area (Å²) in [5.74, 6) is 0.118. The van der Waals surface area contributed by atoms with Crippen LogP contribution in [0.15, 0.2) is 48.5 Å².